The third-order valence-electron chi connectivity index (χ3n) is 11.0. The first kappa shape index (κ1) is 36.8. The molecule has 60 heavy (non-hydrogen) atoms. The summed E-state index contributed by atoms with van der Waals surface area (Å²) < 4.78 is 31.2. The molecule has 0 aliphatic carbocycles. The number of fused-ring (bicyclic) bond motifs is 10. The number of ether oxygens (including phenoxy) is 4. The summed E-state index contributed by atoms with van der Waals surface area (Å²) in [5, 5.41) is 8.95. The standard InChI is InChI=1S/C42H24B2N10O4.2Pt/c1-49-13-15-51(23-49)25-5-7-33-29(17-25)43-32-20-28(54-12-4-10-48-54)22-46-42(32)58-39-35(43)37(55-33)40-36-38(39)56-34-8-6-26(53-11-3-9-47-53)18-30(34)44(36)31-19-27(21-45-41(31)57-40)52-16-14-50(2)24-52;;/h3-16,21-24H,1-2H3;;/q-6;;. The summed E-state index contributed by atoms with van der Waals surface area (Å²) in [6, 6.07) is 26.1. The number of rotatable bonds is 4. The molecule has 0 saturated heterocycles. The summed E-state index contributed by atoms with van der Waals surface area (Å²) in [5.74, 6) is 3.89. The molecule has 10 heterocycles. The van der Waals surface area contributed by atoms with E-state index < -0.39 is 13.4 Å². The molecule has 3 aromatic carbocycles. The van der Waals surface area contributed by atoms with Gasteiger partial charge >= 0.3 is 0 Å². The quantitative estimate of drug-likeness (QED) is 0.191. The monoisotopic (exact) mass is 1140 g/mol. The Balaban J connectivity index is 0.00000204. The van der Waals surface area contributed by atoms with Gasteiger partial charge in [0.15, 0.2) is 23.0 Å². The zero-order chi connectivity index (χ0) is 38.2. The predicted molar refractivity (Wildman–Crippen MR) is 214 cm³/mol. The molecule has 0 spiro atoms. The molecule has 0 N–H and O–H groups in total. The Labute approximate surface area is 373 Å². The van der Waals surface area contributed by atoms with E-state index in [1.165, 1.54) is 0 Å². The summed E-state index contributed by atoms with van der Waals surface area (Å²) in [7, 11) is 3.95. The van der Waals surface area contributed by atoms with E-state index in [0.717, 1.165) is 28.0 Å². The Morgan fingerprint density at radius 2 is 1.00 bits per heavy atom. The van der Waals surface area contributed by atoms with Crippen molar-refractivity contribution >= 4 is 57.6 Å². The average molecular weight is 1140 g/mol. The van der Waals surface area contributed by atoms with Crippen molar-refractivity contribution in [2.75, 3.05) is 23.9 Å². The van der Waals surface area contributed by atoms with E-state index in [-0.39, 0.29) is 42.1 Å². The minimum atomic E-state index is -0.495. The predicted octanol–water partition coefficient (Wildman–Crippen LogP) is 2.18. The third-order valence-corrected chi connectivity index (χ3v) is 11.0. The van der Waals surface area contributed by atoms with Crippen LogP contribution in [0.25, 0.3) is 11.4 Å². The second kappa shape index (κ2) is 13.7. The number of aromatic nitrogens is 6. The topological polar surface area (TPSA) is 111 Å². The van der Waals surface area contributed by atoms with Crippen LogP contribution in [0, 0.1) is 37.6 Å². The van der Waals surface area contributed by atoms with Gasteiger partial charge in [-0.2, -0.15) is 47.8 Å². The minimum absolute atomic E-state index is 0. The van der Waals surface area contributed by atoms with Gasteiger partial charge in [0, 0.05) is 89.3 Å². The van der Waals surface area contributed by atoms with Gasteiger partial charge in [-0.15, -0.1) is 51.8 Å². The van der Waals surface area contributed by atoms with Gasteiger partial charge in [-0.3, -0.25) is 9.36 Å². The molecule has 0 saturated carbocycles. The van der Waals surface area contributed by atoms with Crippen LogP contribution in [0.15, 0.2) is 98.4 Å². The van der Waals surface area contributed by atoms with Gasteiger partial charge in [-0.25, -0.2) is 0 Å². The molecule has 14 nitrogen and oxygen atoms in total. The molecule has 0 atom stereocenters. The average Bonchev–Trinajstić information content (AvgIpc) is 4.11. The molecule has 0 fully saturated rings. The van der Waals surface area contributed by atoms with Gasteiger partial charge in [0.25, 0.3) is 0 Å². The Bertz CT molecular complexity index is 2750. The van der Waals surface area contributed by atoms with Crippen molar-refractivity contribution in [2.45, 2.75) is 0 Å². The van der Waals surface area contributed by atoms with Crippen molar-refractivity contribution in [3.63, 3.8) is 0 Å². The molecule has 6 aliphatic rings. The maximum absolute atomic E-state index is 6.96. The first-order valence-electron chi connectivity index (χ1n) is 18.5. The molecule has 0 amide bonds. The number of nitrogens with zero attached hydrogens (tertiary/aromatic N) is 10. The Kier molecular flexibility index (Phi) is 8.38. The van der Waals surface area contributed by atoms with Crippen molar-refractivity contribution in [1.82, 2.24) is 39.3 Å². The van der Waals surface area contributed by atoms with E-state index in [1.54, 1.807) is 34.2 Å². The Morgan fingerprint density at radius 1 is 0.533 bits per heavy atom. The first-order chi connectivity index (χ1) is 28.5. The fourth-order valence-electron chi connectivity index (χ4n) is 8.40. The van der Waals surface area contributed by atoms with E-state index in [2.05, 4.69) is 34.5 Å². The van der Waals surface area contributed by atoms with E-state index in [9.17, 15) is 0 Å². The summed E-state index contributed by atoms with van der Waals surface area (Å²) in [4.78, 5) is 17.7. The van der Waals surface area contributed by atoms with E-state index in [1.807, 2.05) is 121 Å². The van der Waals surface area contributed by atoms with Crippen LogP contribution < -0.4 is 61.5 Å². The molecule has 0 radical (unpaired) electrons. The molecule has 6 aliphatic heterocycles. The van der Waals surface area contributed by atoms with Crippen LogP contribution in [0.1, 0.15) is 0 Å². The summed E-state index contributed by atoms with van der Waals surface area (Å²) >= 11 is 0. The number of pyridine rings is 2. The van der Waals surface area contributed by atoms with E-state index >= 15 is 0 Å². The van der Waals surface area contributed by atoms with Crippen LogP contribution in [0.4, 0.5) is 11.4 Å². The maximum atomic E-state index is 6.96. The zero-order valence-electron chi connectivity index (χ0n) is 31.3. The zero-order valence-corrected chi connectivity index (χ0v) is 35.8. The molecular weight excluding hydrogens is 1120 g/mol. The van der Waals surface area contributed by atoms with Crippen LogP contribution in [-0.2, 0) is 42.1 Å². The normalized spacial score (nSPS) is 15.3. The van der Waals surface area contributed by atoms with Gasteiger partial charge in [0.1, 0.15) is 0 Å². The van der Waals surface area contributed by atoms with E-state index in [4.69, 9.17) is 28.9 Å². The SMILES string of the molecule is CN1C=CN(c2[c-]c3c(cc2)Oc2c4c5c(c6c2B3c2[c-]c(-n3cccn3)cnc2O6)Oc2ccc(-n3cccn3)[c-]c2B5c2[c-]c(N3C=CN(C)[CH-]3)cnc2O4)[CH-]1.[Pt].[Pt]. The van der Waals surface area contributed by atoms with Gasteiger partial charge in [-0.1, -0.05) is 18.1 Å². The van der Waals surface area contributed by atoms with Crippen LogP contribution in [0.5, 0.6) is 46.3 Å². The van der Waals surface area contributed by atoms with Crippen LogP contribution in [0.3, 0.4) is 0 Å². The van der Waals surface area contributed by atoms with Gasteiger partial charge < -0.3 is 48.5 Å². The summed E-state index contributed by atoms with van der Waals surface area (Å²) in [5.41, 5.74) is 7.36. The fraction of sp³-hybridized carbons (Fsp3) is 0.0476. The van der Waals surface area contributed by atoms with Gasteiger partial charge in [0.2, 0.25) is 13.4 Å². The fourth-order valence-corrected chi connectivity index (χ4v) is 8.40. The van der Waals surface area contributed by atoms with Crippen molar-refractivity contribution in [3.05, 3.63) is 136 Å². The number of hydrogen-bond acceptors (Lipinski definition) is 12. The van der Waals surface area contributed by atoms with Crippen LogP contribution >= 0.6 is 0 Å². The molecular formula is C42H24B2N10O4Pt2-6. The smallest absolute Gasteiger partial charge is 0.210 e. The van der Waals surface area contributed by atoms with Crippen molar-refractivity contribution < 1.29 is 61.1 Å². The largest absolute Gasteiger partial charge is 0.514 e. The summed E-state index contributed by atoms with van der Waals surface area (Å²) in [6.07, 6.45) is 18.5. The second-order valence-corrected chi connectivity index (χ2v) is 14.5. The number of hydrogen-bond donors (Lipinski definition) is 0. The first-order valence-corrected chi connectivity index (χ1v) is 18.5. The molecule has 7 aromatic rings. The summed E-state index contributed by atoms with van der Waals surface area (Å²) in [6.45, 7) is 2.95. The second-order valence-electron chi connectivity index (χ2n) is 14.5. The molecule has 18 heteroatoms. The third kappa shape index (κ3) is 5.36. The van der Waals surface area contributed by atoms with Gasteiger partial charge in [0.05, 0.1) is 11.8 Å². The number of benzene rings is 3. The minimum Gasteiger partial charge on any atom is -0.514 e. The molecule has 0 unspecified atom stereocenters. The van der Waals surface area contributed by atoms with Crippen molar-refractivity contribution in [1.29, 1.82) is 0 Å². The van der Waals surface area contributed by atoms with Crippen molar-refractivity contribution in [2.24, 2.45) is 0 Å². The number of anilines is 2. The molecule has 298 valence electrons. The molecule has 13 rings (SSSR count). The van der Waals surface area contributed by atoms with Gasteiger partial charge in [-0.05, 0) is 62.4 Å². The molecule has 4 aromatic heterocycles. The van der Waals surface area contributed by atoms with Crippen LogP contribution in [-0.4, -0.2) is 66.8 Å². The Hall–Kier alpha value is -6.23. The van der Waals surface area contributed by atoms with Crippen molar-refractivity contribution in [3.8, 4) is 57.6 Å². The molecule has 0 bridgehead atoms. The van der Waals surface area contributed by atoms with E-state index in [0.29, 0.717) is 73.8 Å². The maximum Gasteiger partial charge on any atom is 0.210 e. The van der Waals surface area contributed by atoms with Crippen LogP contribution in [0.2, 0.25) is 0 Å². The Morgan fingerprint density at radius 3 is 1.53 bits per heavy atom.